The second-order valence-electron chi connectivity index (χ2n) is 2.32. The van der Waals surface area contributed by atoms with Crippen LogP contribution in [0.25, 0.3) is 0 Å². The number of thiocarbonyl (C=S) groups is 1. The van der Waals surface area contributed by atoms with Crippen LogP contribution in [0.5, 0.6) is 0 Å². The highest BCUT2D eigenvalue weighted by Gasteiger charge is 2.12. The van der Waals surface area contributed by atoms with Crippen molar-refractivity contribution in [1.29, 1.82) is 0 Å². The van der Waals surface area contributed by atoms with E-state index in [1.807, 2.05) is 0 Å². The largest absolute Gasteiger partial charge is 0.375 e. The maximum absolute atomic E-state index is 5.21. The quantitative estimate of drug-likeness (QED) is 0.341. The van der Waals surface area contributed by atoms with E-state index in [-0.39, 0.29) is 12.4 Å². The molecule has 1 fully saturated rings. The van der Waals surface area contributed by atoms with Crippen molar-refractivity contribution in [3.63, 3.8) is 0 Å². The third-order valence-electron chi connectivity index (χ3n) is 1.46. The summed E-state index contributed by atoms with van der Waals surface area (Å²) in [5.41, 5.74) is 10.9. The Morgan fingerprint density at radius 2 is 2.36 bits per heavy atom. The fraction of sp³-hybridized carbons (Fsp3) is 0.800. The van der Waals surface area contributed by atoms with Gasteiger partial charge >= 0.3 is 0 Å². The first-order chi connectivity index (χ1) is 4.79. The minimum absolute atomic E-state index is 0. The molecule has 0 aliphatic carbocycles. The zero-order valence-electron chi connectivity index (χ0n) is 6.09. The zero-order valence-corrected chi connectivity index (χ0v) is 7.73. The summed E-state index contributed by atoms with van der Waals surface area (Å²) in [6.45, 7) is 2.05. The molecule has 0 amide bonds. The number of nitrogens with two attached hydrogens (primary N) is 1. The summed E-state index contributed by atoms with van der Waals surface area (Å²) in [4.78, 5) is 0. The average molecular weight is 197 g/mol. The highest BCUT2D eigenvalue weighted by atomic mass is 35.5. The molecule has 0 radical (unpaired) electrons. The van der Waals surface area contributed by atoms with Crippen molar-refractivity contribution >= 4 is 29.7 Å². The van der Waals surface area contributed by atoms with Crippen molar-refractivity contribution < 1.29 is 0 Å². The molecule has 1 saturated heterocycles. The number of nitrogens with one attached hydrogen (secondary N) is 3. The van der Waals surface area contributed by atoms with Crippen LogP contribution in [0.4, 0.5) is 0 Å². The van der Waals surface area contributed by atoms with Gasteiger partial charge in [0.1, 0.15) is 0 Å². The minimum Gasteiger partial charge on any atom is -0.375 e. The van der Waals surface area contributed by atoms with Crippen molar-refractivity contribution in [2.45, 2.75) is 12.5 Å². The molecule has 11 heavy (non-hydrogen) atoms. The van der Waals surface area contributed by atoms with Crippen LogP contribution in [0.15, 0.2) is 0 Å². The fourth-order valence-corrected chi connectivity index (χ4v) is 1.01. The summed E-state index contributed by atoms with van der Waals surface area (Å²) in [5, 5.41) is 3.51. The van der Waals surface area contributed by atoms with Gasteiger partial charge in [0.05, 0.1) is 0 Å². The summed E-state index contributed by atoms with van der Waals surface area (Å²) in [6, 6.07) is 0.460. The molecule has 1 unspecified atom stereocenters. The molecule has 66 valence electrons. The predicted octanol–water partition coefficient (Wildman–Crippen LogP) is -0.892. The molecular weight excluding hydrogens is 184 g/mol. The first-order valence-electron chi connectivity index (χ1n) is 3.31. The molecule has 0 aromatic heterocycles. The van der Waals surface area contributed by atoms with Gasteiger partial charge in [0.15, 0.2) is 5.11 Å². The van der Waals surface area contributed by atoms with Gasteiger partial charge in [-0.25, -0.2) is 5.43 Å². The van der Waals surface area contributed by atoms with E-state index in [0.29, 0.717) is 11.2 Å². The lowest BCUT2D eigenvalue weighted by molar-refractivity contribution is 0.522. The number of hydrogen-bond donors (Lipinski definition) is 4. The van der Waals surface area contributed by atoms with Crippen LogP contribution >= 0.6 is 24.6 Å². The molecule has 0 saturated carbocycles. The van der Waals surface area contributed by atoms with Crippen LogP contribution in [0, 0.1) is 0 Å². The number of halogens is 1. The maximum atomic E-state index is 5.21. The SMILES string of the molecule is Cl.NC(=S)NNC1CCNC1. The molecule has 5 N–H and O–H groups in total. The Kier molecular flexibility index (Phi) is 5.49. The Morgan fingerprint density at radius 3 is 2.82 bits per heavy atom. The molecule has 1 aliphatic rings. The van der Waals surface area contributed by atoms with Gasteiger partial charge in [-0.1, -0.05) is 0 Å². The highest BCUT2D eigenvalue weighted by molar-refractivity contribution is 7.80. The Balaban J connectivity index is 0.000001000. The van der Waals surface area contributed by atoms with Gasteiger partial charge in [-0.05, 0) is 25.2 Å². The average Bonchev–Trinajstić information content (AvgIpc) is 2.34. The van der Waals surface area contributed by atoms with E-state index < -0.39 is 0 Å². The topological polar surface area (TPSA) is 62.1 Å². The summed E-state index contributed by atoms with van der Waals surface area (Å²) in [6.07, 6.45) is 1.12. The Hall–Kier alpha value is -0.100. The first-order valence-corrected chi connectivity index (χ1v) is 3.71. The van der Waals surface area contributed by atoms with Crippen LogP contribution in [-0.4, -0.2) is 24.2 Å². The lowest BCUT2D eigenvalue weighted by Gasteiger charge is -2.11. The van der Waals surface area contributed by atoms with Crippen LogP contribution in [0.1, 0.15) is 6.42 Å². The molecule has 0 spiro atoms. The molecule has 4 nitrogen and oxygen atoms in total. The van der Waals surface area contributed by atoms with E-state index in [4.69, 9.17) is 5.73 Å². The summed E-state index contributed by atoms with van der Waals surface area (Å²) < 4.78 is 0. The molecule has 0 aromatic rings. The summed E-state index contributed by atoms with van der Waals surface area (Å²) in [5.74, 6) is 0. The number of rotatable bonds is 2. The smallest absolute Gasteiger partial charge is 0.178 e. The van der Waals surface area contributed by atoms with Crippen molar-refractivity contribution in [3.05, 3.63) is 0 Å². The normalized spacial score (nSPS) is 22.4. The van der Waals surface area contributed by atoms with Gasteiger partial charge < -0.3 is 11.1 Å². The van der Waals surface area contributed by atoms with E-state index in [9.17, 15) is 0 Å². The summed E-state index contributed by atoms with van der Waals surface area (Å²) in [7, 11) is 0. The van der Waals surface area contributed by atoms with Crippen molar-refractivity contribution in [2.75, 3.05) is 13.1 Å². The van der Waals surface area contributed by atoms with E-state index in [2.05, 4.69) is 28.4 Å². The highest BCUT2D eigenvalue weighted by Crippen LogP contribution is 1.94. The standard InChI is InChI=1S/C5H12N4S.ClH/c6-5(10)9-8-4-1-2-7-3-4;/h4,7-8H,1-3H2,(H3,6,9,10);1H. The Morgan fingerprint density at radius 1 is 1.64 bits per heavy atom. The number of hydrogen-bond acceptors (Lipinski definition) is 3. The molecular formula is C5H13ClN4S. The van der Waals surface area contributed by atoms with Crippen molar-refractivity contribution in [3.8, 4) is 0 Å². The van der Waals surface area contributed by atoms with Gasteiger partial charge in [-0.2, -0.15) is 0 Å². The fourth-order valence-electron chi connectivity index (χ4n) is 0.951. The third-order valence-corrected chi connectivity index (χ3v) is 1.56. The van der Waals surface area contributed by atoms with Crippen LogP contribution in [0.3, 0.4) is 0 Å². The lowest BCUT2D eigenvalue weighted by atomic mass is 10.3. The van der Waals surface area contributed by atoms with Gasteiger partial charge in [-0.15, -0.1) is 12.4 Å². The van der Waals surface area contributed by atoms with E-state index in [1.54, 1.807) is 0 Å². The van der Waals surface area contributed by atoms with Crippen LogP contribution in [0.2, 0.25) is 0 Å². The van der Waals surface area contributed by atoms with Crippen molar-refractivity contribution in [1.82, 2.24) is 16.2 Å². The van der Waals surface area contributed by atoms with Crippen LogP contribution < -0.4 is 21.9 Å². The van der Waals surface area contributed by atoms with E-state index >= 15 is 0 Å². The van der Waals surface area contributed by atoms with Gasteiger partial charge in [0, 0.05) is 12.6 Å². The third kappa shape index (κ3) is 4.36. The molecule has 0 aromatic carbocycles. The first kappa shape index (κ1) is 10.9. The Bertz CT molecular complexity index is 126. The lowest BCUT2D eigenvalue weighted by Crippen LogP contribution is -2.47. The second-order valence-corrected chi connectivity index (χ2v) is 2.76. The Labute approximate surface area is 77.7 Å². The molecule has 0 bridgehead atoms. The van der Waals surface area contributed by atoms with Crippen molar-refractivity contribution in [2.24, 2.45) is 5.73 Å². The zero-order chi connectivity index (χ0) is 7.40. The molecule has 1 heterocycles. The predicted molar refractivity (Wildman–Crippen MR) is 51.6 cm³/mol. The minimum atomic E-state index is 0. The molecule has 1 atom stereocenters. The molecule has 1 aliphatic heterocycles. The van der Waals surface area contributed by atoms with Gasteiger partial charge in [-0.3, -0.25) is 5.43 Å². The number of hydrazine groups is 1. The summed E-state index contributed by atoms with van der Waals surface area (Å²) >= 11 is 4.61. The van der Waals surface area contributed by atoms with Crippen LogP contribution in [-0.2, 0) is 0 Å². The maximum Gasteiger partial charge on any atom is 0.178 e. The molecule has 6 heteroatoms. The van der Waals surface area contributed by atoms with Gasteiger partial charge in [0.25, 0.3) is 0 Å². The van der Waals surface area contributed by atoms with Gasteiger partial charge in [0.2, 0.25) is 0 Å². The van der Waals surface area contributed by atoms with E-state index in [1.165, 1.54) is 0 Å². The molecule has 1 rings (SSSR count). The monoisotopic (exact) mass is 196 g/mol. The van der Waals surface area contributed by atoms with E-state index in [0.717, 1.165) is 19.5 Å². The second kappa shape index (κ2) is 5.54.